The molecule has 0 aliphatic rings. The van der Waals surface area contributed by atoms with Crippen molar-refractivity contribution in [2.45, 2.75) is 30.6 Å². The fourth-order valence-corrected chi connectivity index (χ4v) is 6.85. The number of sulfonamides is 2. The van der Waals surface area contributed by atoms with Crippen LogP contribution in [0.5, 0.6) is 0 Å². The summed E-state index contributed by atoms with van der Waals surface area (Å²) < 4.78 is 56.9. The predicted molar refractivity (Wildman–Crippen MR) is 160 cm³/mol. The highest BCUT2D eigenvalue weighted by Gasteiger charge is 2.21. The van der Waals surface area contributed by atoms with E-state index in [-0.39, 0.29) is 26.1 Å². The summed E-state index contributed by atoms with van der Waals surface area (Å²) in [6.07, 6.45) is 0. The third-order valence-electron chi connectivity index (χ3n) is 5.96. The molecule has 0 saturated carbocycles. The molecule has 0 heterocycles. The van der Waals surface area contributed by atoms with Gasteiger partial charge in [-0.1, -0.05) is 47.0 Å². The van der Waals surface area contributed by atoms with Crippen LogP contribution in [0.1, 0.15) is 27.0 Å². The Morgan fingerprint density at radius 2 is 1.32 bits per heavy atom. The van der Waals surface area contributed by atoms with Crippen LogP contribution in [0.4, 0.5) is 17.1 Å². The van der Waals surface area contributed by atoms with Crippen LogP contribution in [0.2, 0.25) is 10.0 Å². The molecular weight excluding hydrogens is 593 g/mol. The number of halogens is 2. The summed E-state index contributed by atoms with van der Waals surface area (Å²) in [4.78, 5) is 12.9. The van der Waals surface area contributed by atoms with Crippen molar-refractivity contribution in [3.63, 3.8) is 0 Å². The van der Waals surface area contributed by atoms with Gasteiger partial charge in [-0.15, -0.1) is 0 Å². The van der Waals surface area contributed by atoms with E-state index < -0.39 is 26.0 Å². The number of anilines is 3. The first kappa shape index (κ1) is 29.4. The van der Waals surface area contributed by atoms with E-state index in [1.54, 1.807) is 32.0 Å². The fourth-order valence-electron chi connectivity index (χ4n) is 3.86. The van der Waals surface area contributed by atoms with E-state index in [2.05, 4.69) is 14.8 Å². The maximum absolute atomic E-state index is 13.2. The van der Waals surface area contributed by atoms with Gasteiger partial charge in [0.1, 0.15) is 0 Å². The summed E-state index contributed by atoms with van der Waals surface area (Å²) in [6, 6.07) is 19.6. The molecule has 0 aliphatic heterocycles. The Morgan fingerprint density at radius 1 is 0.675 bits per heavy atom. The highest BCUT2D eigenvalue weighted by molar-refractivity contribution is 7.93. The molecule has 12 heteroatoms. The van der Waals surface area contributed by atoms with Crippen molar-refractivity contribution in [2.24, 2.45) is 0 Å². The molecular formula is C28H25Cl2N3O5S2. The molecule has 0 aromatic heterocycles. The summed E-state index contributed by atoms with van der Waals surface area (Å²) >= 11 is 11.9. The van der Waals surface area contributed by atoms with Gasteiger partial charge >= 0.3 is 0 Å². The second kappa shape index (κ2) is 11.5. The van der Waals surface area contributed by atoms with Gasteiger partial charge in [-0.3, -0.25) is 14.2 Å². The molecule has 0 fully saturated rings. The van der Waals surface area contributed by atoms with Crippen molar-refractivity contribution in [2.75, 3.05) is 14.8 Å². The van der Waals surface area contributed by atoms with Crippen LogP contribution in [0.25, 0.3) is 0 Å². The molecule has 4 rings (SSSR count). The van der Waals surface area contributed by atoms with Gasteiger partial charge in [0.25, 0.3) is 26.0 Å². The number of carbonyl (C=O) groups is 1. The van der Waals surface area contributed by atoms with Crippen molar-refractivity contribution < 1.29 is 21.6 Å². The molecule has 1 amide bonds. The molecule has 4 aromatic rings. The summed E-state index contributed by atoms with van der Waals surface area (Å²) in [7, 11) is -7.95. The topological polar surface area (TPSA) is 121 Å². The van der Waals surface area contributed by atoms with E-state index >= 15 is 0 Å². The van der Waals surface area contributed by atoms with Crippen LogP contribution in [0.15, 0.2) is 88.7 Å². The number of carbonyl (C=O) groups excluding carboxylic acids is 1. The molecule has 8 nitrogen and oxygen atoms in total. The highest BCUT2D eigenvalue weighted by Crippen LogP contribution is 2.28. The zero-order chi connectivity index (χ0) is 29.2. The van der Waals surface area contributed by atoms with E-state index in [4.69, 9.17) is 23.2 Å². The average molecular weight is 619 g/mol. The normalized spacial score (nSPS) is 11.6. The van der Waals surface area contributed by atoms with Gasteiger partial charge in [-0.05, 0) is 92.6 Å². The minimum Gasteiger partial charge on any atom is -0.322 e. The Balaban J connectivity index is 1.51. The number of amides is 1. The van der Waals surface area contributed by atoms with E-state index in [1.807, 2.05) is 13.0 Å². The third-order valence-corrected chi connectivity index (χ3v) is 9.40. The lowest BCUT2D eigenvalue weighted by atomic mass is 10.1. The van der Waals surface area contributed by atoms with Crippen LogP contribution in [-0.2, 0) is 20.0 Å². The zero-order valence-corrected chi connectivity index (χ0v) is 24.8. The second-order valence-electron chi connectivity index (χ2n) is 9.11. The molecule has 40 heavy (non-hydrogen) atoms. The Kier molecular flexibility index (Phi) is 8.46. The molecule has 208 valence electrons. The maximum Gasteiger partial charge on any atom is 0.262 e. The Hall–Kier alpha value is -3.57. The lowest BCUT2D eigenvalue weighted by Crippen LogP contribution is -2.18. The first-order chi connectivity index (χ1) is 18.7. The van der Waals surface area contributed by atoms with Crippen LogP contribution >= 0.6 is 23.2 Å². The summed E-state index contributed by atoms with van der Waals surface area (Å²) in [5, 5.41) is 3.17. The third kappa shape index (κ3) is 6.76. The van der Waals surface area contributed by atoms with Crippen LogP contribution in [0.3, 0.4) is 0 Å². The molecule has 3 N–H and O–H groups in total. The van der Waals surface area contributed by atoms with E-state index in [1.165, 1.54) is 54.6 Å². The molecule has 0 unspecified atom stereocenters. The van der Waals surface area contributed by atoms with Crippen molar-refractivity contribution in [1.82, 2.24) is 0 Å². The van der Waals surface area contributed by atoms with Gasteiger partial charge in [0.2, 0.25) is 0 Å². The van der Waals surface area contributed by atoms with Gasteiger partial charge in [0.05, 0.1) is 26.2 Å². The van der Waals surface area contributed by atoms with E-state index in [9.17, 15) is 21.6 Å². The van der Waals surface area contributed by atoms with Gasteiger partial charge in [0.15, 0.2) is 0 Å². The number of hydrogen-bond acceptors (Lipinski definition) is 5. The average Bonchev–Trinajstić information content (AvgIpc) is 2.88. The van der Waals surface area contributed by atoms with Crippen molar-refractivity contribution in [1.29, 1.82) is 0 Å². The Morgan fingerprint density at radius 3 is 1.98 bits per heavy atom. The standard InChI is InChI=1S/C28H25Cl2N3O5S2/c1-17-4-12-25(19(3)14-17)32-40(37,38)27-15-20(6-5-18(27)2)28(34)31-22-8-10-23(11-9-22)39(35,36)33-26-13-7-21(29)16-24(26)30/h4-16,32-33H,1-3H3,(H,31,34). The SMILES string of the molecule is Cc1ccc(NS(=O)(=O)c2cc(C(=O)Nc3ccc(S(=O)(=O)Nc4ccc(Cl)cc4Cl)cc3)ccc2C)c(C)c1. The van der Waals surface area contributed by atoms with Gasteiger partial charge < -0.3 is 5.32 Å². The first-order valence-electron chi connectivity index (χ1n) is 11.9. The molecule has 0 saturated heterocycles. The molecule has 0 aliphatic carbocycles. The minimum absolute atomic E-state index is 0.0338. The number of benzene rings is 4. The number of rotatable bonds is 8. The lowest BCUT2D eigenvalue weighted by Gasteiger charge is -2.14. The van der Waals surface area contributed by atoms with Crippen molar-refractivity contribution >= 4 is 66.2 Å². The van der Waals surface area contributed by atoms with Crippen molar-refractivity contribution in [3.05, 3.63) is 111 Å². The number of hydrogen-bond donors (Lipinski definition) is 3. The largest absolute Gasteiger partial charge is 0.322 e. The monoisotopic (exact) mass is 617 g/mol. The molecule has 0 spiro atoms. The van der Waals surface area contributed by atoms with Crippen molar-refractivity contribution in [3.8, 4) is 0 Å². The summed E-state index contributed by atoms with van der Waals surface area (Å²) in [5.41, 5.74) is 3.28. The zero-order valence-electron chi connectivity index (χ0n) is 21.6. The number of aryl methyl sites for hydroxylation is 3. The van der Waals surface area contributed by atoms with Gasteiger partial charge in [-0.2, -0.15) is 0 Å². The minimum atomic E-state index is -3.98. The van der Waals surface area contributed by atoms with Crippen LogP contribution < -0.4 is 14.8 Å². The summed E-state index contributed by atoms with van der Waals surface area (Å²) in [5.74, 6) is -0.565. The molecule has 4 aromatic carbocycles. The quantitative estimate of drug-likeness (QED) is 0.201. The predicted octanol–water partition coefficient (Wildman–Crippen LogP) is 6.77. The van der Waals surface area contributed by atoms with Gasteiger partial charge in [0, 0.05) is 16.3 Å². The van der Waals surface area contributed by atoms with E-state index in [0.29, 0.717) is 22.0 Å². The summed E-state index contributed by atoms with van der Waals surface area (Å²) in [6.45, 7) is 5.36. The Labute approximate surface area is 243 Å². The first-order valence-corrected chi connectivity index (χ1v) is 15.6. The lowest BCUT2D eigenvalue weighted by molar-refractivity contribution is 0.102. The number of nitrogens with one attached hydrogen (secondary N) is 3. The molecule has 0 atom stereocenters. The highest BCUT2D eigenvalue weighted by atomic mass is 35.5. The van der Waals surface area contributed by atoms with E-state index in [0.717, 1.165) is 11.1 Å². The molecule has 0 bridgehead atoms. The van der Waals surface area contributed by atoms with Gasteiger partial charge in [-0.25, -0.2) is 16.8 Å². The fraction of sp³-hybridized carbons (Fsp3) is 0.107. The second-order valence-corrected chi connectivity index (χ2v) is 13.3. The smallest absolute Gasteiger partial charge is 0.262 e. The van der Waals surface area contributed by atoms with Crippen LogP contribution in [0, 0.1) is 20.8 Å². The Bertz CT molecular complexity index is 1830. The molecule has 0 radical (unpaired) electrons. The van der Waals surface area contributed by atoms with Crippen LogP contribution in [-0.4, -0.2) is 22.7 Å². The maximum atomic E-state index is 13.2.